The van der Waals surface area contributed by atoms with Crippen molar-refractivity contribution in [2.45, 2.75) is 51.0 Å². The third kappa shape index (κ3) is 2.13. The van der Waals surface area contributed by atoms with Gasteiger partial charge in [-0.2, -0.15) is 0 Å². The van der Waals surface area contributed by atoms with Gasteiger partial charge in [-0.05, 0) is 56.2 Å². The van der Waals surface area contributed by atoms with Gasteiger partial charge in [0.15, 0.2) is 0 Å². The van der Waals surface area contributed by atoms with Crippen LogP contribution in [0.4, 0.5) is 0 Å². The summed E-state index contributed by atoms with van der Waals surface area (Å²) in [6.07, 6.45) is 6.06. The normalized spacial score (nSPS) is 25.6. The molecule has 2 unspecified atom stereocenters. The van der Waals surface area contributed by atoms with Crippen molar-refractivity contribution in [1.29, 1.82) is 0 Å². The fourth-order valence-corrected chi connectivity index (χ4v) is 3.67. The predicted octanol–water partition coefficient (Wildman–Crippen LogP) is 3.97. The number of aromatic nitrogens is 2. The van der Waals surface area contributed by atoms with Crippen LogP contribution in [0.1, 0.15) is 67.2 Å². The van der Waals surface area contributed by atoms with Gasteiger partial charge in [0.1, 0.15) is 5.82 Å². The van der Waals surface area contributed by atoms with E-state index >= 15 is 0 Å². The highest BCUT2D eigenvalue weighted by molar-refractivity contribution is 5.92. The second-order valence-corrected chi connectivity index (χ2v) is 6.69. The molecule has 21 heavy (non-hydrogen) atoms. The Bertz CT molecular complexity index is 715. The first-order valence-corrected chi connectivity index (χ1v) is 7.88. The van der Waals surface area contributed by atoms with E-state index in [0.717, 1.165) is 17.0 Å². The van der Waals surface area contributed by atoms with Gasteiger partial charge in [-0.15, -0.1) is 0 Å². The van der Waals surface area contributed by atoms with Crippen molar-refractivity contribution >= 4 is 17.0 Å². The second kappa shape index (κ2) is 4.58. The van der Waals surface area contributed by atoms with Crippen LogP contribution in [-0.4, -0.2) is 20.6 Å². The molecule has 110 valence electrons. The zero-order valence-corrected chi connectivity index (χ0v) is 12.2. The molecule has 4 nitrogen and oxygen atoms in total. The quantitative estimate of drug-likeness (QED) is 0.927. The molecule has 1 N–H and O–H groups in total. The summed E-state index contributed by atoms with van der Waals surface area (Å²) in [6, 6.07) is 5.82. The number of imidazole rings is 1. The lowest BCUT2D eigenvalue weighted by molar-refractivity contribution is 0.0697. The fraction of sp³-hybridized carbons (Fsp3) is 0.529. The number of aromatic carboxylic acids is 1. The molecule has 2 atom stereocenters. The van der Waals surface area contributed by atoms with Crippen molar-refractivity contribution in [3.05, 3.63) is 29.6 Å². The number of carboxylic acids is 1. The van der Waals surface area contributed by atoms with Gasteiger partial charge in [0, 0.05) is 12.0 Å². The largest absolute Gasteiger partial charge is 0.478 e. The summed E-state index contributed by atoms with van der Waals surface area (Å²) in [4.78, 5) is 16.1. The van der Waals surface area contributed by atoms with Crippen molar-refractivity contribution in [1.82, 2.24) is 9.55 Å². The Hall–Kier alpha value is -1.84. The molecule has 0 aliphatic heterocycles. The molecule has 1 aromatic heterocycles. The number of nitrogens with zero attached hydrogens (tertiary/aromatic N) is 2. The van der Waals surface area contributed by atoms with Crippen LogP contribution < -0.4 is 0 Å². The topological polar surface area (TPSA) is 55.1 Å². The SMILES string of the molecule is CC1CCC(n2c(C3CC3)nc3ccc(C(=O)O)cc32)C1. The predicted molar refractivity (Wildman–Crippen MR) is 80.7 cm³/mol. The number of carboxylic acid groups (broad SMARTS) is 1. The van der Waals surface area contributed by atoms with Crippen LogP contribution in [0, 0.1) is 5.92 Å². The monoisotopic (exact) mass is 284 g/mol. The number of carbonyl (C=O) groups is 1. The molecule has 0 radical (unpaired) electrons. The van der Waals surface area contributed by atoms with Crippen LogP contribution in [0.15, 0.2) is 18.2 Å². The van der Waals surface area contributed by atoms with Crippen LogP contribution >= 0.6 is 0 Å². The van der Waals surface area contributed by atoms with E-state index in [9.17, 15) is 9.90 Å². The fourth-order valence-electron chi connectivity index (χ4n) is 3.67. The Morgan fingerprint density at radius 2 is 2.10 bits per heavy atom. The first-order chi connectivity index (χ1) is 10.1. The Kier molecular flexibility index (Phi) is 2.81. The van der Waals surface area contributed by atoms with Crippen molar-refractivity contribution in [3.63, 3.8) is 0 Å². The van der Waals surface area contributed by atoms with Gasteiger partial charge < -0.3 is 9.67 Å². The molecule has 4 heteroatoms. The Balaban J connectivity index is 1.89. The van der Waals surface area contributed by atoms with E-state index in [-0.39, 0.29) is 0 Å². The maximum Gasteiger partial charge on any atom is 0.335 e. The number of benzene rings is 1. The number of fused-ring (bicyclic) bond motifs is 1. The summed E-state index contributed by atoms with van der Waals surface area (Å²) in [7, 11) is 0. The number of hydrogen-bond donors (Lipinski definition) is 1. The molecule has 1 heterocycles. The first-order valence-electron chi connectivity index (χ1n) is 7.88. The zero-order chi connectivity index (χ0) is 14.6. The third-order valence-electron chi connectivity index (χ3n) is 4.94. The molecule has 0 bridgehead atoms. The average Bonchev–Trinajstić information content (AvgIpc) is 3.11. The van der Waals surface area contributed by atoms with Gasteiger partial charge in [-0.1, -0.05) is 6.92 Å². The van der Waals surface area contributed by atoms with E-state index in [1.54, 1.807) is 12.1 Å². The summed E-state index contributed by atoms with van der Waals surface area (Å²) < 4.78 is 2.36. The summed E-state index contributed by atoms with van der Waals surface area (Å²) in [5.74, 6) is 1.66. The summed E-state index contributed by atoms with van der Waals surface area (Å²) in [5.41, 5.74) is 2.31. The van der Waals surface area contributed by atoms with E-state index in [0.29, 0.717) is 17.5 Å². The van der Waals surface area contributed by atoms with Crippen LogP contribution in [0.25, 0.3) is 11.0 Å². The maximum atomic E-state index is 11.3. The van der Waals surface area contributed by atoms with E-state index < -0.39 is 5.97 Å². The summed E-state index contributed by atoms with van der Waals surface area (Å²) in [5, 5.41) is 9.24. The molecule has 4 rings (SSSR count). The maximum absolute atomic E-state index is 11.3. The number of hydrogen-bond acceptors (Lipinski definition) is 2. The Morgan fingerprint density at radius 3 is 2.71 bits per heavy atom. The van der Waals surface area contributed by atoms with Gasteiger partial charge in [0.05, 0.1) is 16.6 Å². The molecule has 0 spiro atoms. The molecule has 1 aromatic carbocycles. The van der Waals surface area contributed by atoms with Crippen LogP contribution in [-0.2, 0) is 0 Å². The lowest BCUT2D eigenvalue weighted by Crippen LogP contribution is -2.09. The minimum atomic E-state index is -0.864. The van der Waals surface area contributed by atoms with Crippen molar-refractivity contribution in [3.8, 4) is 0 Å². The highest BCUT2D eigenvalue weighted by atomic mass is 16.4. The van der Waals surface area contributed by atoms with Gasteiger partial charge >= 0.3 is 5.97 Å². The summed E-state index contributed by atoms with van der Waals surface area (Å²) in [6.45, 7) is 2.30. The minimum Gasteiger partial charge on any atom is -0.478 e. The minimum absolute atomic E-state index is 0.358. The average molecular weight is 284 g/mol. The standard InChI is InChI=1S/C17H20N2O2/c1-10-2-6-13(8-10)19-15-9-12(17(20)21)5-7-14(15)18-16(19)11-3-4-11/h5,7,9-11,13H,2-4,6,8H2,1H3,(H,20,21). The van der Waals surface area contributed by atoms with Gasteiger partial charge in [0.2, 0.25) is 0 Å². The molecule has 2 saturated carbocycles. The van der Waals surface area contributed by atoms with Gasteiger partial charge in [0.25, 0.3) is 0 Å². The van der Waals surface area contributed by atoms with Crippen molar-refractivity contribution in [2.75, 3.05) is 0 Å². The highest BCUT2D eigenvalue weighted by Crippen LogP contribution is 2.45. The lowest BCUT2D eigenvalue weighted by Gasteiger charge is -2.17. The Labute approximate surface area is 123 Å². The van der Waals surface area contributed by atoms with Crippen LogP contribution in [0.2, 0.25) is 0 Å². The zero-order valence-electron chi connectivity index (χ0n) is 12.2. The Morgan fingerprint density at radius 1 is 1.29 bits per heavy atom. The molecule has 2 aliphatic carbocycles. The van der Waals surface area contributed by atoms with Crippen molar-refractivity contribution in [2.24, 2.45) is 5.92 Å². The lowest BCUT2D eigenvalue weighted by atomic mass is 10.1. The van der Waals surface area contributed by atoms with Gasteiger partial charge in [-0.3, -0.25) is 0 Å². The van der Waals surface area contributed by atoms with E-state index in [2.05, 4.69) is 11.5 Å². The summed E-state index contributed by atoms with van der Waals surface area (Å²) >= 11 is 0. The molecule has 0 saturated heterocycles. The van der Waals surface area contributed by atoms with Crippen LogP contribution in [0.5, 0.6) is 0 Å². The number of rotatable bonds is 3. The van der Waals surface area contributed by atoms with E-state index in [4.69, 9.17) is 4.98 Å². The second-order valence-electron chi connectivity index (χ2n) is 6.69. The third-order valence-corrected chi connectivity index (χ3v) is 4.94. The van der Waals surface area contributed by atoms with E-state index in [1.807, 2.05) is 6.07 Å². The first kappa shape index (κ1) is 12.9. The van der Waals surface area contributed by atoms with Gasteiger partial charge in [-0.25, -0.2) is 9.78 Å². The molecule has 2 aromatic rings. The van der Waals surface area contributed by atoms with Crippen LogP contribution in [0.3, 0.4) is 0 Å². The molecular formula is C17H20N2O2. The molecule has 2 fully saturated rings. The molecule has 0 amide bonds. The van der Waals surface area contributed by atoms with Crippen molar-refractivity contribution < 1.29 is 9.90 Å². The highest BCUT2D eigenvalue weighted by Gasteiger charge is 2.34. The molecule has 2 aliphatic rings. The van der Waals surface area contributed by atoms with E-state index in [1.165, 1.54) is 37.9 Å². The smallest absolute Gasteiger partial charge is 0.335 e. The molecular weight excluding hydrogens is 264 g/mol.